The maximum absolute atomic E-state index is 12.4. The average Bonchev–Trinajstić information content (AvgIpc) is 3.03. The monoisotopic (exact) mass is 310 g/mol. The SMILES string of the molecule is CCCc1[nH]nc(C(=O)N2CCC(C)(C(=O)O)C2)c1[N+](=O)[O-]. The fourth-order valence-corrected chi connectivity index (χ4v) is 2.60. The van der Waals surface area contributed by atoms with Gasteiger partial charge in [-0.25, -0.2) is 0 Å². The highest BCUT2D eigenvalue weighted by molar-refractivity contribution is 5.97. The average molecular weight is 310 g/mol. The zero-order valence-electron chi connectivity index (χ0n) is 12.5. The van der Waals surface area contributed by atoms with Crippen molar-refractivity contribution in [3.63, 3.8) is 0 Å². The van der Waals surface area contributed by atoms with Gasteiger partial charge < -0.3 is 10.0 Å². The van der Waals surface area contributed by atoms with E-state index >= 15 is 0 Å². The van der Waals surface area contributed by atoms with Crippen molar-refractivity contribution in [2.45, 2.75) is 33.1 Å². The molecule has 22 heavy (non-hydrogen) atoms. The normalized spacial score (nSPS) is 21.1. The summed E-state index contributed by atoms with van der Waals surface area (Å²) in [5.74, 6) is -1.58. The van der Waals surface area contributed by atoms with Gasteiger partial charge in [-0.05, 0) is 19.8 Å². The predicted octanol–water partition coefficient (Wildman–Crippen LogP) is 1.21. The molecule has 1 fully saturated rings. The van der Waals surface area contributed by atoms with E-state index in [-0.39, 0.29) is 24.5 Å². The molecule has 0 radical (unpaired) electrons. The Morgan fingerprint density at radius 2 is 2.23 bits per heavy atom. The van der Waals surface area contributed by atoms with Gasteiger partial charge in [0.15, 0.2) is 0 Å². The van der Waals surface area contributed by atoms with Crippen molar-refractivity contribution in [3.05, 3.63) is 21.5 Å². The molecule has 0 spiro atoms. The molecule has 1 aromatic rings. The second kappa shape index (κ2) is 5.74. The molecule has 0 aliphatic carbocycles. The zero-order valence-corrected chi connectivity index (χ0v) is 12.5. The minimum atomic E-state index is -1.02. The van der Waals surface area contributed by atoms with E-state index in [1.54, 1.807) is 6.92 Å². The van der Waals surface area contributed by atoms with E-state index < -0.39 is 22.2 Å². The van der Waals surface area contributed by atoms with Gasteiger partial charge in [0.1, 0.15) is 5.69 Å². The lowest BCUT2D eigenvalue weighted by atomic mass is 9.90. The van der Waals surface area contributed by atoms with Crippen molar-refractivity contribution in [2.24, 2.45) is 5.41 Å². The summed E-state index contributed by atoms with van der Waals surface area (Å²) in [6.07, 6.45) is 1.41. The number of aliphatic carboxylic acids is 1. The largest absolute Gasteiger partial charge is 0.481 e. The number of nitrogens with zero attached hydrogens (tertiary/aromatic N) is 3. The van der Waals surface area contributed by atoms with Crippen molar-refractivity contribution in [2.75, 3.05) is 13.1 Å². The number of aromatic amines is 1. The second-order valence-electron chi connectivity index (χ2n) is 5.75. The molecule has 2 heterocycles. The summed E-state index contributed by atoms with van der Waals surface area (Å²) < 4.78 is 0. The minimum Gasteiger partial charge on any atom is -0.481 e. The number of aromatic nitrogens is 2. The third kappa shape index (κ3) is 2.66. The van der Waals surface area contributed by atoms with Crippen LogP contribution < -0.4 is 0 Å². The highest BCUT2D eigenvalue weighted by Crippen LogP contribution is 2.32. The third-order valence-electron chi connectivity index (χ3n) is 3.97. The Morgan fingerprint density at radius 3 is 2.73 bits per heavy atom. The van der Waals surface area contributed by atoms with Crippen LogP contribution in [0, 0.1) is 15.5 Å². The van der Waals surface area contributed by atoms with Crippen LogP contribution in [0.25, 0.3) is 0 Å². The number of carboxylic acid groups (broad SMARTS) is 1. The molecular weight excluding hydrogens is 292 g/mol. The minimum absolute atomic E-state index is 0.0221. The number of carboxylic acids is 1. The standard InChI is InChI=1S/C13H18N4O5/c1-3-4-8-10(17(21)22)9(15-14-8)11(18)16-6-5-13(2,7-16)12(19)20/h3-7H2,1-2H3,(H,14,15)(H,19,20). The van der Waals surface area contributed by atoms with E-state index in [1.807, 2.05) is 6.92 Å². The number of aryl methyl sites for hydroxylation is 1. The van der Waals surface area contributed by atoms with Crippen LogP contribution in [0.3, 0.4) is 0 Å². The van der Waals surface area contributed by atoms with Crippen LogP contribution in [0.5, 0.6) is 0 Å². The van der Waals surface area contributed by atoms with Crippen LogP contribution in [-0.2, 0) is 11.2 Å². The number of nitrogens with one attached hydrogen (secondary N) is 1. The van der Waals surface area contributed by atoms with Crippen LogP contribution in [0.4, 0.5) is 5.69 Å². The van der Waals surface area contributed by atoms with Gasteiger partial charge in [-0.1, -0.05) is 13.3 Å². The number of carbonyl (C=O) groups excluding carboxylic acids is 1. The molecule has 9 nitrogen and oxygen atoms in total. The van der Waals surface area contributed by atoms with E-state index in [9.17, 15) is 24.8 Å². The number of carbonyl (C=O) groups is 2. The summed E-state index contributed by atoms with van der Waals surface area (Å²) in [5, 5.41) is 26.7. The summed E-state index contributed by atoms with van der Waals surface area (Å²) in [6, 6.07) is 0. The Labute approximate surface area is 126 Å². The first kappa shape index (κ1) is 15.9. The van der Waals surface area contributed by atoms with Gasteiger partial charge in [-0.2, -0.15) is 5.10 Å². The molecule has 1 aromatic heterocycles. The Balaban J connectivity index is 2.28. The van der Waals surface area contributed by atoms with Gasteiger partial charge in [-0.3, -0.25) is 24.8 Å². The lowest BCUT2D eigenvalue weighted by Gasteiger charge is -2.19. The van der Waals surface area contributed by atoms with Gasteiger partial charge in [0.05, 0.1) is 10.3 Å². The molecule has 2 rings (SSSR count). The smallest absolute Gasteiger partial charge is 0.322 e. The molecule has 1 saturated heterocycles. The molecule has 1 atom stereocenters. The van der Waals surface area contributed by atoms with E-state index in [2.05, 4.69) is 10.2 Å². The molecule has 1 aliphatic heterocycles. The van der Waals surface area contributed by atoms with Gasteiger partial charge in [0, 0.05) is 13.1 Å². The molecule has 9 heteroatoms. The highest BCUT2D eigenvalue weighted by atomic mass is 16.6. The first-order chi connectivity index (χ1) is 10.3. The number of hydrogen-bond donors (Lipinski definition) is 2. The van der Waals surface area contributed by atoms with Crippen molar-refractivity contribution in [1.29, 1.82) is 0 Å². The lowest BCUT2D eigenvalue weighted by molar-refractivity contribution is -0.385. The van der Waals surface area contributed by atoms with Crippen molar-refractivity contribution < 1.29 is 19.6 Å². The summed E-state index contributed by atoms with van der Waals surface area (Å²) in [7, 11) is 0. The molecule has 1 amide bonds. The summed E-state index contributed by atoms with van der Waals surface area (Å²) in [4.78, 5) is 35.6. The Bertz CT molecular complexity index is 626. The summed E-state index contributed by atoms with van der Waals surface area (Å²) in [5.41, 5.74) is -1.26. The molecule has 0 aromatic carbocycles. The second-order valence-corrected chi connectivity index (χ2v) is 5.75. The van der Waals surface area contributed by atoms with E-state index in [1.165, 1.54) is 4.90 Å². The van der Waals surface area contributed by atoms with E-state index in [0.717, 1.165) is 0 Å². The molecule has 2 N–H and O–H groups in total. The predicted molar refractivity (Wildman–Crippen MR) is 75.5 cm³/mol. The molecule has 120 valence electrons. The first-order valence-corrected chi connectivity index (χ1v) is 7.04. The number of likely N-dealkylation sites (tertiary alicyclic amines) is 1. The summed E-state index contributed by atoms with van der Waals surface area (Å²) in [6.45, 7) is 3.69. The fourth-order valence-electron chi connectivity index (χ4n) is 2.60. The van der Waals surface area contributed by atoms with Crippen LogP contribution >= 0.6 is 0 Å². The van der Waals surface area contributed by atoms with Gasteiger partial charge >= 0.3 is 11.7 Å². The third-order valence-corrected chi connectivity index (χ3v) is 3.97. The first-order valence-electron chi connectivity index (χ1n) is 7.04. The zero-order chi connectivity index (χ0) is 16.5. The fraction of sp³-hybridized carbons (Fsp3) is 0.615. The molecule has 0 bridgehead atoms. The number of H-pyrrole nitrogens is 1. The highest BCUT2D eigenvalue weighted by Gasteiger charge is 2.44. The van der Waals surface area contributed by atoms with Crippen molar-refractivity contribution in [3.8, 4) is 0 Å². The maximum Gasteiger partial charge on any atom is 0.322 e. The van der Waals surface area contributed by atoms with Crippen LogP contribution in [-0.4, -0.2) is 50.1 Å². The number of amides is 1. The van der Waals surface area contributed by atoms with E-state index in [0.29, 0.717) is 25.0 Å². The Morgan fingerprint density at radius 1 is 1.55 bits per heavy atom. The van der Waals surface area contributed by atoms with E-state index in [4.69, 9.17) is 0 Å². The van der Waals surface area contributed by atoms with Crippen LogP contribution in [0.2, 0.25) is 0 Å². The van der Waals surface area contributed by atoms with Crippen molar-refractivity contribution in [1.82, 2.24) is 15.1 Å². The van der Waals surface area contributed by atoms with Gasteiger partial charge in [0.2, 0.25) is 5.69 Å². The van der Waals surface area contributed by atoms with Gasteiger partial charge in [0.25, 0.3) is 5.91 Å². The molecular formula is C13H18N4O5. The number of nitro groups is 1. The van der Waals surface area contributed by atoms with Gasteiger partial charge in [-0.15, -0.1) is 0 Å². The quantitative estimate of drug-likeness (QED) is 0.621. The topological polar surface area (TPSA) is 129 Å². The van der Waals surface area contributed by atoms with Crippen molar-refractivity contribution >= 4 is 17.6 Å². The molecule has 1 aliphatic rings. The Hall–Kier alpha value is -2.45. The molecule has 0 saturated carbocycles. The molecule has 1 unspecified atom stereocenters. The number of hydrogen-bond acceptors (Lipinski definition) is 5. The maximum atomic E-state index is 12.4. The Kier molecular flexibility index (Phi) is 4.16. The summed E-state index contributed by atoms with van der Waals surface area (Å²) >= 11 is 0. The lowest BCUT2D eigenvalue weighted by Crippen LogP contribution is -2.35. The number of rotatable bonds is 5. The van der Waals surface area contributed by atoms with Crippen LogP contribution in [0.1, 0.15) is 42.9 Å². The van der Waals surface area contributed by atoms with Crippen LogP contribution in [0.15, 0.2) is 0 Å².